The molecule has 0 saturated carbocycles. The molecular formula is C15H8ClFINO2. The lowest BCUT2D eigenvalue weighted by atomic mass is 10.1. The molecule has 106 valence electrons. The van der Waals surface area contributed by atoms with E-state index in [-0.39, 0.29) is 18.4 Å². The van der Waals surface area contributed by atoms with Crippen molar-refractivity contribution in [3.8, 4) is 0 Å². The summed E-state index contributed by atoms with van der Waals surface area (Å²) in [5.41, 5.74) is 1.15. The lowest BCUT2D eigenvalue weighted by Gasteiger charge is -2.14. The molecule has 0 N–H and O–H groups in total. The van der Waals surface area contributed by atoms with Crippen molar-refractivity contribution >= 4 is 46.0 Å². The molecule has 21 heavy (non-hydrogen) atoms. The number of halogens is 3. The minimum Gasteiger partial charge on any atom is -0.270 e. The van der Waals surface area contributed by atoms with E-state index in [0.29, 0.717) is 21.7 Å². The first-order chi connectivity index (χ1) is 9.97. The zero-order valence-electron chi connectivity index (χ0n) is 10.6. The Labute approximate surface area is 138 Å². The Bertz CT molecular complexity index is 778. The number of amides is 2. The van der Waals surface area contributed by atoms with Crippen molar-refractivity contribution in [1.82, 2.24) is 4.90 Å². The molecule has 2 amide bonds. The first-order valence-electron chi connectivity index (χ1n) is 6.07. The van der Waals surface area contributed by atoms with Gasteiger partial charge in [0.15, 0.2) is 0 Å². The van der Waals surface area contributed by atoms with Crippen molar-refractivity contribution in [3.05, 3.63) is 67.5 Å². The van der Waals surface area contributed by atoms with E-state index < -0.39 is 5.82 Å². The van der Waals surface area contributed by atoms with Crippen molar-refractivity contribution in [2.24, 2.45) is 0 Å². The molecule has 0 unspecified atom stereocenters. The van der Waals surface area contributed by atoms with E-state index >= 15 is 0 Å². The third-order valence-electron chi connectivity index (χ3n) is 3.27. The van der Waals surface area contributed by atoms with Crippen LogP contribution in [0.3, 0.4) is 0 Å². The maximum absolute atomic E-state index is 13.3. The number of hydrogen-bond donors (Lipinski definition) is 0. The van der Waals surface area contributed by atoms with Crippen LogP contribution in [0.2, 0.25) is 5.02 Å². The van der Waals surface area contributed by atoms with Gasteiger partial charge in [0.1, 0.15) is 5.82 Å². The summed E-state index contributed by atoms with van der Waals surface area (Å²) in [6.07, 6.45) is 0. The molecule has 2 aromatic rings. The van der Waals surface area contributed by atoms with Gasteiger partial charge in [-0.15, -0.1) is 0 Å². The van der Waals surface area contributed by atoms with Crippen LogP contribution in [0.25, 0.3) is 0 Å². The number of rotatable bonds is 2. The summed E-state index contributed by atoms with van der Waals surface area (Å²) in [5.74, 6) is -1.22. The zero-order valence-corrected chi connectivity index (χ0v) is 13.5. The van der Waals surface area contributed by atoms with Crippen LogP contribution in [0.15, 0.2) is 36.4 Å². The van der Waals surface area contributed by atoms with E-state index in [0.717, 1.165) is 8.47 Å². The fourth-order valence-corrected chi connectivity index (χ4v) is 2.91. The maximum Gasteiger partial charge on any atom is 0.261 e. The molecule has 3 rings (SSSR count). The average molecular weight is 416 g/mol. The fraction of sp³-hybridized carbons (Fsp3) is 0.0667. The van der Waals surface area contributed by atoms with E-state index in [1.807, 2.05) is 0 Å². The van der Waals surface area contributed by atoms with Crippen LogP contribution in [0, 0.1) is 9.39 Å². The summed E-state index contributed by atoms with van der Waals surface area (Å²) in [7, 11) is 0. The minimum atomic E-state index is -0.458. The zero-order chi connectivity index (χ0) is 15.1. The van der Waals surface area contributed by atoms with Crippen molar-refractivity contribution in [2.45, 2.75) is 6.54 Å². The molecule has 0 aromatic heterocycles. The van der Waals surface area contributed by atoms with Gasteiger partial charge in [-0.3, -0.25) is 14.5 Å². The Morgan fingerprint density at radius 2 is 1.76 bits per heavy atom. The van der Waals surface area contributed by atoms with Crippen molar-refractivity contribution < 1.29 is 14.0 Å². The highest BCUT2D eigenvalue weighted by Crippen LogP contribution is 2.28. The van der Waals surface area contributed by atoms with Gasteiger partial charge >= 0.3 is 0 Å². The first kappa shape index (κ1) is 14.5. The molecular weight excluding hydrogens is 408 g/mol. The molecule has 3 nitrogen and oxygen atoms in total. The SMILES string of the molecule is O=C1c2ccc(I)cc2C(=O)N1Cc1cc(F)ccc1Cl. The molecule has 0 radical (unpaired) electrons. The van der Waals surface area contributed by atoms with Gasteiger partial charge in [0.25, 0.3) is 11.8 Å². The maximum atomic E-state index is 13.3. The second kappa shape index (κ2) is 5.38. The van der Waals surface area contributed by atoms with Crippen LogP contribution in [0.1, 0.15) is 26.3 Å². The smallest absolute Gasteiger partial charge is 0.261 e. The Kier molecular flexibility index (Phi) is 3.71. The molecule has 1 heterocycles. The summed E-state index contributed by atoms with van der Waals surface area (Å²) in [6.45, 7) is -0.0421. The highest BCUT2D eigenvalue weighted by atomic mass is 127. The van der Waals surface area contributed by atoms with Gasteiger partial charge in [-0.2, -0.15) is 0 Å². The number of imide groups is 1. The van der Waals surface area contributed by atoms with Gasteiger partial charge in [0.05, 0.1) is 17.7 Å². The van der Waals surface area contributed by atoms with E-state index in [1.54, 1.807) is 18.2 Å². The largest absolute Gasteiger partial charge is 0.270 e. The van der Waals surface area contributed by atoms with Crippen molar-refractivity contribution in [1.29, 1.82) is 0 Å². The average Bonchev–Trinajstić information content (AvgIpc) is 2.67. The highest BCUT2D eigenvalue weighted by molar-refractivity contribution is 14.1. The molecule has 2 aromatic carbocycles. The van der Waals surface area contributed by atoms with E-state index in [2.05, 4.69) is 22.6 Å². The van der Waals surface area contributed by atoms with Gasteiger partial charge in [-0.1, -0.05) is 11.6 Å². The van der Waals surface area contributed by atoms with Crippen LogP contribution < -0.4 is 0 Å². The standard InChI is InChI=1S/C15H8ClFINO2/c16-13-4-1-9(17)5-8(13)7-19-14(20)11-3-2-10(18)6-12(11)15(19)21/h1-6H,7H2. The first-order valence-corrected chi connectivity index (χ1v) is 7.52. The minimum absolute atomic E-state index is 0.0421. The molecule has 0 atom stereocenters. The Morgan fingerprint density at radius 3 is 2.52 bits per heavy atom. The summed E-state index contributed by atoms with van der Waals surface area (Å²) in [5, 5.41) is 0.322. The Hall–Kier alpha value is -1.47. The van der Waals surface area contributed by atoms with Gasteiger partial charge in [-0.05, 0) is 64.6 Å². The van der Waals surface area contributed by atoms with Gasteiger partial charge < -0.3 is 0 Å². The molecule has 1 aliphatic rings. The van der Waals surface area contributed by atoms with E-state index in [1.165, 1.54) is 18.2 Å². The number of nitrogens with zero attached hydrogens (tertiary/aromatic N) is 1. The lowest BCUT2D eigenvalue weighted by molar-refractivity contribution is 0.0642. The van der Waals surface area contributed by atoms with E-state index in [9.17, 15) is 14.0 Å². The number of carbonyl (C=O) groups excluding carboxylic acids is 2. The summed E-state index contributed by atoms with van der Waals surface area (Å²) >= 11 is 8.07. The van der Waals surface area contributed by atoms with Crippen LogP contribution in [-0.2, 0) is 6.54 Å². The predicted molar refractivity (Wildman–Crippen MR) is 84.8 cm³/mol. The summed E-state index contributed by atoms with van der Waals surface area (Å²) in [6, 6.07) is 8.94. The molecule has 1 aliphatic heterocycles. The van der Waals surface area contributed by atoms with E-state index in [4.69, 9.17) is 11.6 Å². The number of benzene rings is 2. The van der Waals surface area contributed by atoms with Crippen LogP contribution in [0.4, 0.5) is 4.39 Å². The van der Waals surface area contributed by atoms with Gasteiger partial charge in [0.2, 0.25) is 0 Å². The number of hydrogen-bond acceptors (Lipinski definition) is 2. The van der Waals surface area contributed by atoms with Crippen molar-refractivity contribution in [3.63, 3.8) is 0 Å². The number of carbonyl (C=O) groups is 2. The Morgan fingerprint density at radius 1 is 1.05 bits per heavy atom. The summed E-state index contributed by atoms with van der Waals surface area (Å²) < 4.78 is 14.2. The monoisotopic (exact) mass is 415 g/mol. The molecule has 6 heteroatoms. The normalized spacial score (nSPS) is 13.8. The third-order valence-corrected chi connectivity index (χ3v) is 4.31. The molecule has 0 aliphatic carbocycles. The predicted octanol–water partition coefficient (Wildman–Crippen LogP) is 3.88. The second-order valence-corrected chi connectivity index (χ2v) is 6.27. The number of fused-ring (bicyclic) bond motifs is 1. The third kappa shape index (κ3) is 2.55. The Balaban J connectivity index is 1.97. The second-order valence-electron chi connectivity index (χ2n) is 4.62. The van der Waals surface area contributed by atoms with Crippen molar-refractivity contribution in [2.75, 3.05) is 0 Å². The quantitative estimate of drug-likeness (QED) is 0.551. The van der Waals surface area contributed by atoms with Gasteiger partial charge in [0, 0.05) is 8.59 Å². The lowest BCUT2D eigenvalue weighted by Crippen LogP contribution is -2.29. The molecule has 0 spiro atoms. The molecule has 0 saturated heterocycles. The van der Waals surface area contributed by atoms with Crippen LogP contribution in [-0.4, -0.2) is 16.7 Å². The molecule has 0 bridgehead atoms. The highest BCUT2D eigenvalue weighted by Gasteiger charge is 2.35. The van der Waals surface area contributed by atoms with Gasteiger partial charge in [-0.25, -0.2) is 4.39 Å². The molecule has 0 fully saturated rings. The summed E-state index contributed by atoms with van der Waals surface area (Å²) in [4.78, 5) is 25.7. The van der Waals surface area contributed by atoms with Crippen LogP contribution in [0.5, 0.6) is 0 Å². The fourth-order valence-electron chi connectivity index (χ4n) is 2.24. The van der Waals surface area contributed by atoms with Crippen LogP contribution >= 0.6 is 34.2 Å². The topological polar surface area (TPSA) is 37.4 Å².